The minimum absolute atomic E-state index is 0.0749. The summed E-state index contributed by atoms with van der Waals surface area (Å²) < 4.78 is 0. The molecule has 0 aliphatic rings. The molecule has 2 aromatic heterocycles. The highest BCUT2D eigenvalue weighted by molar-refractivity contribution is 5.70. The van der Waals surface area contributed by atoms with Crippen LogP contribution in [-0.2, 0) is 6.42 Å². The molecule has 6 nitrogen and oxygen atoms in total. The van der Waals surface area contributed by atoms with Gasteiger partial charge in [0.05, 0.1) is 0 Å². The van der Waals surface area contributed by atoms with E-state index in [2.05, 4.69) is 19.9 Å². The number of rotatable bonds is 2. The van der Waals surface area contributed by atoms with Gasteiger partial charge in [0.25, 0.3) is 5.56 Å². The summed E-state index contributed by atoms with van der Waals surface area (Å²) in [6.45, 7) is 2.04. The van der Waals surface area contributed by atoms with Gasteiger partial charge >= 0.3 is 0 Å². The van der Waals surface area contributed by atoms with E-state index in [-0.39, 0.29) is 11.5 Å². The number of H-pyrrole nitrogens is 2. The van der Waals surface area contributed by atoms with E-state index in [0.29, 0.717) is 23.4 Å². The van der Waals surface area contributed by atoms with Gasteiger partial charge in [0.15, 0.2) is 11.2 Å². The minimum atomic E-state index is -0.301. The van der Waals surface area contributed by atoms with Gasteiger partial charge in [-0.05, 0) is 12.5 Å². The van der Waals surface area contributed by atoms with Gasteiger partial charge in [-0.3, -0.25) is 9.78 Å². The first-order chi connectivity index (χ1) is 9.11. The number of imidazole rings is 1. The number of fused-ring (bicyclic) bond motifs is 1. The first-order valence-electron chi connectivity index (χ1n) is 5.92. The number of hydrogen-bond donors (Lipinski definition) is 3. The number of nitrogen functional groups attached to an aromatic ring is 1. The lowest BCUT2D eigenvalue weighted by Gasteiger charge is -1.98. The van der Waals surface area contributed by atoms with Crippen molar-refractivity contribution in [3.8, 4) is 0 Å². The number of aryl methyl sites for hydroxylation is 1. The summed E-state index contributed by atoms with van der Waals surface area (Å²) in [5.41, 5.74) is 8.22. The normalized spacial score (nSPS) is 11.0. The van der Waals surface area contributed by atoms with E-state index in [0.717, 1.165) is 5.56 Å². The molecule has 0 saturated carbocycles. The second kappa shape index (κ2) is 4.24. The fourth-order valence-electron chi connectivity index (χ4n) is 1.95. The van der Waals surface area contributed by atoms with Crippen LogP contribution >= 0.6 is 0 Å². The lowest BCUT2D eigenvalue weighted by Crippen LogP contribution is -2.10. The van der Waals surface area contributed by atoms with Gasteiger partial charge < -0.3 is 10.7 Å². The van der Waals surface area contributed by atoms with Crippen LogP contribution in [0.5, 0.6) is 0 Å². The third-order valence-corrected chi connectivity index (χ3v) is 2.92. The fourth-order valence-corrected chi connectivity index (χ4v) is 1.95. The van der Waals surface area contributed by atoms with E-state index in [1.807, 2.05) is 31.2 Å². The fraction of sp³-hybridized carbons (Fsp3) is 0.154. The highest BCUT2D eigenvalue weighted by Gasteiger charge is 2.09. The van der Waals surface area contributed by atoms with E-state index < -0.39 is 0 Å². The van der Waals surface area contributed by atoms with Crippen LogP contribution in [0.4, 0.5) is 5.95 Å². The molecule has 0 amide bonds. The molecular formula is C13H13N5O. The second-order valence-corrected chi connectivity index (χ2v) is 4.50. The van der Waals surface area contributed by atoms with Crippen molar-refractivity contribution in [2.75, 3.05) is 5.73 Å². The molecule has 4 N–H and O–H groups in total. The van der Waals surface area contributed by atoms with Crippen molar-refractivity contribution >= 4 is 17.1 Å². The molecule has 96 valence electrons. The maximum Gasteiger partial charge on any atom is 0.278 e. The molecule has 6 heteroatoms. The SMILES string of the molecule is Cc1ccc(Cc2nc3nc(N)[nH]c(=O)c3[nH]2)cc1. The van der Waals surface area contributed by atoms with Crippen molar-refractivity contribution in [1.82, 2.24) is 19.9 Å². The summed E-state index contributed by atoms with van der Waals surface area (Å²) in [4.78, 5) is 25.4. The summed E-state index contributed by atoms with van der Waals surface area (Å²) in [6, 6.07) is 8.16. The van der Waals surface area contributed by atoms with Crippen LogP contribution in [0.3, 0.4) is 0 Å². The van der Waals surface area contributed by atoms with Crippen LogP contribution in [0.2, 0.25) is 0 Å². The average Bonchev–Trinajstić information content (AvgIpc) is 2.75. The molecule has 0 aliphatic carbocycles. The monoisotopic (exact) mass is 255 g/mol. The molecule has 0 spiro atoms. The summed E-state index contributed by atoms with van der Waals surface area (Å²) in [7, 11) is 0. The summed E-state index contributed by atoms with van der Waals surface area (Å²) in [5, 5.41) is 0. The molecule has 3 aromatic rings. The zero-order valence-electron chi connectivity index (χ0n) is 10.4. The molecule has 0 atom stereocenters. The number of hydrogen-bond acceptors (Lipinski definition) is 4. The topological polar surface area (TPSA) is 100 Å². The van der Waals surface area contributed by atoms with Crippen LogP contribution in [0.1, 0.15) is 17.0 Å². The predicted octanol–water partition coefficient (Wildman–Crippen LogP) is 1.13. The third-order valence-electron chi connectivity index (χ3n) is 2.92. The number of aromatic amines is 2. The molecule has 0 bridgehead atoms. The van der Waals surface area contributed by atoms with E-state index in [4.69, 9.17) is 5.73 Å². The average molecular weight is 255 g/mol. The van der Waals surface area contributed by atoms with Crippen molar-refractivity contribution in [3.05, 3.63) is 51.6 Å². The largest absolute Gasteiger partial charge is 0.369 e. The molecule has 0 radical (unpaired) electrons. The molecule has 19 heavy (non-hydrogen) atoms. The van der Waals surface area contributed by atoms with E-state index in [9.17, 15) is 4.79 Å². The van der Waals surface area contributed by atoms with Crippen molar-refractivity contribution < 1.29 is 0 Å². The number of anilines is 1. The number of aromatic nitrogens is 4. The Kier molecular flexibility index (Phi) is 2.56. The Morgan fingerprint density at radius 3 is 2.63 bits per heavy atom. The van der Waals surface area contributed by atoms with Crippen molar-refractivity contribution in [2.45, 2.75) is 13.3 Å². The van der Waals surface area contributed by atoms with Gasteiger partial charge in [0, 0.05) is 6.42 Å². The van der Waals surface area contributed by atoms with Crippen molar-refractivity contribution in [1.29, 1.82) is 0 Å². The number of nitrogens with zero attached hydrogens (tertiary/aromatic N) is 2. The number of nitrogens with two attached hydrogens (primary N) is 1. The van der Waals surface area contributed by atoms with Gasteiger partial charge in [0.2, 0.25) is 5.95 Å². The van der Waals surface area contributed by atoms with Crippen LogP contribution in [0.25, 0.3) is 11.2 Å². The van der Waals surface area contributed by atoms with E-state index in [1.165, 1.54) is 5.56 Å². The van der Waals surface area contributed by atoms with E-state index >= 15 is 0 Å². The lowest BCUT2D eigenvalue weighted by atomic mass is 10.1. The quantitative estimate of drug-likeness (QED) is 0.639. The van der Waals surface area contributed by atoms with Gasteiger partial charge in [-0.2, -0.15) is 4.98 Å². The van der Waals surface area contributed by atoms with Crippen LogP contribution in [0, 0.1) is 6.92 Å². The van der Waals surface area contributed by atoms with Crippen LogP contribution < -0.4 is 11.3 Å². The third kappa shape index (κ3) is 2.20. The Bertz CT molecular complexity index is 785. The number of nitrogens with one attached hydrogen (secondary N) is 2. The maximum absolute atomic E-state index is 11.7. The Morgan fingerprint density at radius 2 is 1.89 bits per heavy atom. The molecule has 0 unspecified atom stereocenters. The van der Waals surface area contributed by atoms with Crippen LogP contribution in [0.15, 0.2) is 29.1 Å². The first-order valence-corrected chi connectivity index (χ1v) is 5.92. The predicted molar refractivity (Wildman–Crippen MR) is 72.9 cm³/mol. The van der Waals surface area contributed by atoms with Gasteiger partial charge in [-0.25, -0.2) is 4.98 Å². The zero-order valence-corrected chi connectivity index (χ0v) is 10.4. The molecule has 2 heterocycles. The minimum Gasteiger partial charge on any atom is -0.369 e. The van der Waals surface area contributed by atoms with Crippen molar-refractivity contribution in [2.24, 2.45) is 0 Å². The first kappa shape index (κ1) is 11.5. The van der Waals surface area contributed by atoms with Gasteiger partial charge in [0.1, 0.15) is 5.82 Å². The van der Waals surface area contributed by atoms with E-state index in [1.54, 1.807) is 0 Å². The van der Waals surface area contributed by atoms with Crippen LogP contribution in [-0.4, -0.2) is 19.9 Å². The highest BCUT2D eigenvalue weighted by atomic mass is 16.1. The summed E-state index contributed by atoms with van der Waals surface area (Å²) in [6.07, 6.45) is 0.621. The molecular weight excluding hydrogens is 242 g/mol. The highest BCUT2D eigenvalue weighted by Crippen LogP contribution is 2.11. The van der Waals surface area contributed by atoms with Gasteiger partial charge in [-0.15, -0.1) is 0 Å². The molecule has 0 fully saturated rings. The summed E-state index contributed by atoms with van der Waals surface area (Å²) in [5.74, 6) is 0.772. The Labute approximate surface area is 108 Å². The number of benzene rings is 1. The lowest BCUT2D eigenvalue weighted by molar-refractivity contribution is 1.03. The molecule has 1 aromatic carbocycles. The standard InChI is InChI=1S/C13H13N5O/c1-7-2-4-8(5-3-7)6-9-15-10-11(16-9)17-13(14)18-12(10)19/h2-5H,6H2,1H3,(H4,14,15,16,17,18,19). The summed E-state index contributed by atoms with van der Waals surface area (Å²) >= 11 is 0. The van der Waals surface area contributed by atoms with Gasteiger partial charge in [-0.1, -0.05) is 29.8 Å². The molecule has 3 rings (SSSR count). The Hall–Kier alpha value is -2.63. The molecule has 0 aliphatic heterocycles. The second-order valence-electron chi connectivity index (χ2n) is 4.50. The van der Waals surface area contributed by atoms with Crippen molar-refractivity contribution in [3.63, 3.8) is 0 Å². The zero-order chi connectivity index (χ0) is 13.4. The molecule has 0 saturated heterocycles. The Balaban J connectivity index is 2.00. The maximum atomic E-state index is 11.7. The Morgan fingerprint density at radius 1 is 1.16 bits per heavy atom. The smallest absolute Gasteiger partial charge is 0.278 e.